The van der Waals surface area contributed by atoms with E-state index in [0.29, 0.717) is 0 Å². The minimum atomic E-state index is -0.601. The van der Waals surface area contributed by atoms with Crippen LogP contribution in [-0.2, 0) is 5.60 Å². The zero-order chi connectivity index (χ0) is 10.0. The van der Waals surface area contributed by atoms with E-state index in [1.165, 1.54) is 6.42 Å². The lowest BCUT2D eigenvalue weighted by molar-refractivity contribution is -0.00148. The maximum Gasteiger partial charge on any atom is 0.0913 e. The number of aryl methyl sites for hydroxylation is 1. The predicted molar refractivity (Wildman–Crippen MR) is 56.0 cm³/mol. The maximum absolute atomic E-state index is 10.5. The van der Waals surface area contributed by atoms with Crippen LogP contribution in [0.15, 0.2) is 18.5 Å². The van der Waals surface area contributed by atoms with Crippen molar-refractivity contribution in [2.75, 3.05) is 0 Å². The van der Waals surface area contributed by atoms with Gasteiger partial charge in [0.2, 0.25) is 0 Å². The Kier molecular flexibility index (Phi) is 2.55. The van der Waals surface area contributed by atoms with Gasteiger partial charge in [-0.3, -0.25) is 4.98 Å². The molecule has 2 rings (SSSR count). The Labute approximate surface area is 85.0 Å². The van der Waals surface area contributed by atoms with Crippen LogP contribution in [0.5, 0.6) is 0 Å². The number of hydrogen-bond donors (Lipinski definition) is 1. The smallest absolute Gasteiger partial charge is 0.0913 e. The highest BCUT2D eigenvalue weighted by Gasteiger charge is 2.32. The highest BCUT2D eigenvalue weighted by molar-refractivity contribution is 5.28. The largest absolute Gasteiger partial charge is 0.385 e. The predicted octanol–water partition coefficient (Wildman–Crippen LogP) is 2.54. The molecule has 0 atom stereocenters. The molecule has 1 heterocycles. The third-order valence-corrected chi connectivity index (χ3v) is 3.22. The van der Waals surface area contributed by atoms with Crippen LogP contribution in [0.1, 0.15) is 43.2 Å². The molecule has 1 aromatic rings. The summed E-state index contributed by atoms with van der Waals surface area (Å²) in [5, 5.41) is 10.5. The summed E-state index contributed by atoms with van der Waals surface area (Å²) in [5.74, 6) is 0. The van der Waals surface area contributed by atoms with Gasteiger partial charge in [0, 0.05) is 18.0 Å². The minimum absolute atomic E-state index is 0.601. The number of aliphatic hydroxyl groups is 1. The van der Waals surface area contributed by atoms with Crippen LogP contribution >= 0.6 is 0 Å². The van der Waals surface area contributed by atoms with Crippen molar-refractivity contribution < 1.29 is 5.11 Å². The molecule has 0 bridgehead atoms. The molecule has 2 nitrogen and oxygen atoms in total. The third-order valence-electron chi connectivity index (χ3n) is 3.22. The molecule has 0 spiro atoms. The van der Waals surface area contributed by atoms with Gasteiger partial charge in [-0.15, -0.1) is 0 Å². The van der Waals surface area contributed by atoms with E-state index in [9.17, 15) is 5.11 Å². The van der Waals surface area contributed by atoms with E-state index in [4.69, 9.17) is 0 Å². The quantitative estimate of drug-likeness (QED) is 0.740. The van der Waals surface area contributed by atoms with Crippen LogP contribution in [0.2, 0.25) is 0 Å². The topological polar surface area (TPSA) is 33.1 Å². The molecule has 0 aliphatic heterocycles. The molecule has 14 heavy (non-hydrogen) atoms. The van der Waals surface area contributed by atoms with Gasteiger partial charge in [-0.25, -0.2) is 0 Å². The molecule has 0 aromatic carbocycles. The molecule has 1 aliphatic carbocycles. The molecule has 0 radical (unpaired) electrons. The second kappa shape index (κ2) is 3.70. The van der Waals surface area contributed by atoms with Crippen LogP contribution in [0.3, 0.4) is 0 Å². The van der Waals surface area contributed by atoms with Gasteiger partial charge in [-0.05, 0) is 31.4 Å². The number of rotatable bonds is 1. The Bertz CT molecular complexity index is 316. The first kappa shape index (κ1) is 9.66. The molecule has 1 aliphatic rings. The Hall–Kier alpha value is -0.890. The first-order chi connectivity index (χ1) is 6.72. The standard InChI is InChI=1S/C12H17NO/c1-10-5-8-13-9-11(10)12(14)6-3-2-4-7-12/h5,8-9,14H,2-4,6-7H2,1H3. The molecule has 1 saturated carbocycles. The number of hydrogen-bond acceptors (Lipinski definition) is 2. The summed E-state index contributed by atoms with van der Waals surface area (Å²) in [7, 11) is 0. The second-order valence-electron chi connectivity index (χ2n) is 4.28. The summed E-state index contributed by atoms with van der Waals surface area (Å²) in [6, 6.07) is 1.97. The van der Waals surface area contributed by atoms with Gasteiger partial charge in [-0.2, -0.15) is 0 Å². The van der Waals surface area contributed by atoms with E-state index >= 15 is 0 Å². The van der Waals surface area contributed by atoms with Crippen molar-refractivity contribution in [1.82, 2.24) is 4.98 Å². The van der Waals surface area contributed by atoms with Crippen LogP contribution in [0, 0.1) is 6.92 Å². The van der Waals surface area contributed by atoms with Gasteiger partial charge in [0.1, 0.15) is 0 Å². The van der Waals surface area contributed by atoms with E-state index < -0.39 is 5.60 Å². The van der Waals surface area contributed by atoms with E-state index in [2.05, 4.69) is 4.98 Å². The lowest BCUT2D eigenvalue weighted by atomic mass is 9.79. The fraction of sp³-hybridized carbons (Fsp3) is 0.583. The average molecular weight is 191 g/mol. The van der Waals surface area contributed by atoms with Crippen molar-refractivity contribution in [3.05, 3.63) is 29.6 Å². The van der Waals surface area contributed by atoms with E-state index in [-0.39, 0.29) is 0 Å². The monoisotopic (exact) mass is 191 g/mol. The summed E-state index contributed by atoms with van der Waals surface area (Å²) in [6.45, 7) is 2.05. The highest BCUT2D eigenvalue weighted by Crippen LogP contribution is 2.37. The molecule has 1 aromatic heterocycles. The molecule has 0 saturated heterocycles. The van der Waals surface area contributed by atoms with Crippen molar-refractivity contribution in [1.29, 1.82) is 0 Å². The number of nitrogens with zero attached hydrogens (tertiary/aromatic N) is 1. The van der Waals surface area contributed by atoms with Gasteiger partial charge < -0.3 is 5.11 Å². The lowest BCUT2D eigenvalue weighted by Gasteiger charge is -2.33. The van der Waals surface area contributed by atoms with Gasteiger partial charge in [0.05, 0.1) is 5.60 Å². The normalized spacial score (nSPS) is 20.7. The van der Waals surface area contributed by atoms with Gasteiger partial charge in [-0.1, -0.05) is 19.3 Å². The summed E-state index contributed by atoms with van der Waals surface area (Å²) in [4.78, 5) is 4.11. The molecule has 1 fully saturated rings. The van der Waals surface area contributed by atoms with Crippen LogP contribution < -0.4 is 0 Å². The minimum Gasteiger partial charge on any atom is -0.385 e. The van der Waals surface area contributed by atoms with Crippen molar-refractivity contribution in [2.24, 2.45) is 0 Å². The fourth-order valence-electron chi connectivity index (χ4n) is 2.36. The molecular formula is C12H17NO. The average Bonchev–Trinajstić information content (AvgIpc) is 2.19. The fourth-order valence-corrected chi connectivity index (χ4v) is 2.36. The maximum atomic E-state index is 10.5. The van der Waals surface area contributed by atoms with Crippen molar-refractivity contribution in [2.45, 2.75) is 44.6 Å². The number of aromatic nitrogens is 1. The summed E-state index contributed by atoms with van der Waals surface area (Å²) < 4.78 is 0. The Morgan fingerprint density at radius 2 is 2.00 bits per heavy atom. The van der Waals surface area contributed by atoms with Crippen LogP contribution in [-0.4, -0.2) is 10.1 Å². The van der Waals surface area contributed by atoms with Crippen LogP contribution in [0.25, 0.3) is 0 Å². The molecule has 76 valence electrons. The molecule has 1 N–H and O–H groups in total. The van der Waals surface area contributed by atoms with E-state index in [1.807, 2.05) is 19.2 Å². The SMILES string of the molecule is Cc1ccncc1C1(O)CCCCC1. The third kappa shape index (κ3) is 1.67. The molecule has 0 amide bonds. The van der Waals surface area contributed by atoms with E-state index in [1.54, 1.807) is 6.20 Å². The Morgan fingerprint density at radius 3 is 2.64 bits per heavy atom. The molecule has 0 unspecified atom stereocenters. The summed E-state index contributed by atoms with van der Waals surface area (Å²) in [6.07, 6.45) is 8.89. The van der Waals surface area contributed by atoms with Gasteiger partial charge in [0.15, 0.2) is 0 Å². The highest BCUT2D eigenvalue weighted by atomic mass is 16.3. The van der Waals surface area contributed by atoms with Crippen LogP contribution in [0.4, 0.5) is 0 Å². The summed E-state index contributed by atoms with van der Waals surface area (Å²) >= 11 is 0. The lowest BCUT2D eigenvalue weighted by Crippen LogP contribution is -2.29. The van der Waals surface area contributed by atoms with Gasteiger partial charge >= 0.3 is 0 Å². The Morgan fingerprint density at radius 1 is 1.29 bits per heavy atom. The summed E-state index contributed by atoms with van der Waals surface area (Å²) in [5.41, 5.74) is 1.58. The first-order valence-corrected chi connectivity index (χ1v) is 5.36. The molecule has 2 heteroatoms. The first-order valence-electron chi connectivity index (χ1n) is 5.36. The molecular weight excluding hydrogens is 174 g/mol. The van der Waals surface area contributed by atoms with Crippen molar-refractivity contribution in [3.63, 3.8) is 0 Å². The van der Waals surface area contributed by atoms with Crippen molar-refractivity contribution in [3.8, 4) is 0 Å². The zero-order valence-electron chi connectivity index (χ0n) is 8.66. The zero-order valence-corrected chi connectivity index (χ0v) is 8.66. The van der Waals surface area contributed by atoms with E-state index in [0.717, 1.165) is 36.8 Å². The Balaban J connectivity index is 2.32. The number of pyridine rings is 1. The second-order valence-corrected chi connectivity index (χ2v) is 4.28. The van der Waals surface area contributed by atoms with Gasteiger partial charge in [0.25, 0.3) is 0 Å². The van der Waals surface area contributed by atoms with Crippen molar-refractivity contribution >= 4 is 0 Å².